The van der Waals surface area contributed by atoms with Crippen LogP contribution in [0.4, 0.5) is 61.6 Å². The van der Waals surface area contributed by atoms with E-state index >= 15 is 0 Å². The van der Waals surface area contributed by atoms with E-state index in [0.29, 0.717) is 56.3 Å². The largest absolute Gasteiger partial charge is 0.465 e. The molecular formula is C26H22F9N5O3. The minimum atomic E-state index is -5.14. The molecule has 1 saturated heterocycles. The SMILES string of the molecule is O=C(O)Nc1ccc(C(F)(F)F)cc1CN(Cc1cc(C(F)(F)F)cc(C(F)(F)F)c1)c1ncc(N2CCOCC2)cn1. The van der Waals surface area contributed by atoms with Crippen LogP contribution in [-0.4, -0.2) is 47.5 Å². The molecule has 1 aliphatic heterocycles. The van der Waals surface area contributed by atoms with Crippen LogP contribution in [0.3, 0.4) is 0 Å². The fourth-order valence-electron chi connectivity index (χ4n) is 4.33. The predicted molar refractivity (Wildman–Crippen MR) is 134 cm³/mol. The summed E-state index contributed by atoms with van der Waals surface area (Å²) in [5, 5.41) is 11.1. The smallest absolute Gasteiger partial charge is 0.416 e. The van der Waals surface area contributed by atoms with Crippen LogP contribution in [0, 0.1) is 0 Å². The topological polar surface area (TPSA) is 90.8 Å². The highest BCUT2D eigenvalue weighted by molar-refractivity contribution is 5.84. The van der Waals surface area contributed by atoms with Crippen molar-refractivity contribution in [2.45, 2.75) is 31.6 Å². The van der Waals surface area contributed by atoms with E-state index in [1.807, 2.05) is 10.2 Å². The Morgan fingerprint density at radius 1 is 0.837 bits per heavy atom. The maximum absolute atomic E-state index is 13.5. The molecule has 0 aliphatic carbocycles. The number of anilines is 3. The summed E-state index contributed by atoms with van der Waals surface area (Å²) in [5.41, 5.74) is -4.90. The van der Waals surface area contributed by atoms with E-state index in [0.717, 1.165) is 11.0 Å². The van der Waals surface area contributed by atoms with Gasteiger partial charge in [0.2, 0.25) is 5.95 Å². The monoisotopic (exact) mass is 623 g/mol. The van der Waals surface area contributed by atoms with Crippen LogP contribution in [0.2, 0.25) is 0 Å². The number of nitrogens with zero attached hydrogens (tertiary/aromatic N) is 4. The number of benzene rings is 2. The van der Waals surface area contributed by atoms with E-state index in [1.165, 1.54) is 12.4 Å². The van der Waals surface area contributed by atoms with Crippen molar-refractivity contribution >= 4 is 23.4 Å². The maximum Gasteiger partial charge on any atom is 0.416 e. The zero-order valence-electron chi connectivity index (χ0n) is 21.8. The maximum atomic E-state index is 13.5. The summed E-state index contributed by atoms with van der Waals surface area (Å²) in [7, 11) is 0. The van der Waals surface area contributed by atoms with Gasteiger partial charge < -0.3 is 19.6 Å². The van der Waals surface area contributed by atoms with Gasteiger partial charge in [-0.1, -0.05) is 0 Å². The van der Waals surface area contributed by atoms with Gasteiger partial charge in [0.15, 0.2) is 0 Å². The van der Waals surface area contributed by atoms with Crippen molar-refractivity contribution < 1.29 is 54.2 Å². The van der Waals surface area contributed by atoms with Crippen LogP contribution < -0.4 is 15.1 Å². The summed E-state index contributed by atoms with van der Waals surface area (Å²) >= 11 is 0. The fourth-order valence-corrected chi connectivity index (χ4v) is 4.33. The standard InChI is InChI=1S/C26H22F9N5O3/c27-24(28,29)17-1-2-21(38-23(41)42)16(9-17)14-40(22-36-11-20(12-37-22)39-3-5-43-6-4-39)13-15-7-18(25(30,31)32)10-19(8-15)26(33,34)35/h1-2,7-12,38H,3-6,13-14H2,(H,41,42). The minimum Gasteiger partial charge on any atom is -0.465 e. The van der Waals surface area contributed by atoms with E-state index in [1.54, 1.807) is 0 Å². The predicted octanol–water partition coefficient (Wildman–Crippen LogP) is 6.67. The highest BCUT2D eigenvalue weighted by atomic mass is 19.4. The number of carboxylic acid groups (broad SMARTS) is 1. The number of rotatable bonds is 7. The van der Waals surface area contributed by atoms with Crippen LogP contribution in [0.1, 0.15) is 27.8 Å². The molecule has 0 saturated carbocycles. The number of nitrogens with one attached hydrogen (secondary N) is 1. The first-order valence-electron chi connectivity index (χ1n) is 12.4. The Balaban J connectivity index is 1.80. The number of aromatic nitrogens is 2. The molecule has 0 bridgehead atoms. The third-order valence-electron chi connectivity index (χ3n) is 6.34. The second-order valence-electron chi connectivity index (χ2n) is 9.41. The van der Waals surface area contributed by atoms with Crippen molar-refractivity contribution in [3.8, 4) is 0 Å². The van der Waals surface area contributed by atoms with Crippen LogP contribution >= 0.6 is 0 Å². The van der Waals surface area contributed by atoms with Gasteiger partial charge in [0, 0.05) is 31.9 Å². The van der Waals surface area contributed by atoms with Crippen molar-refractivity contribution in [3.05, 3.63) is 76.6 Å². The number of hydrogen-bond acceptors (Lipinski definition) is 6. The molecule has 232 valence electrons. The lowest BCUT2D eigenvalue weighted by Crippen LogP contribution is -2.36. The second-order valence-corrected chi connectivity index (χ2v) is 9.41. The van der Waals surface area contributed by atoms with Gasteiger partial charge in [-0.05, 0) is 47.5 Å². The Labute approximate surface area is 237 Å². The normalized spacial score (nSPS) is 14.5. The number of amides is 1. The van der Waals surface area contributed by atoms with Crippen molar-refractivity contribution in [2.75, 3.05) is 41.4 Å². The molecule has 0 atom stereocenters. The summed E-state index contributed by atoms with van der Waals surface area (Å²) < 4.78 is 127. The number of morpholine rings is 1. The molecule has 43 heavy (non-hydrogen) atoms. The molecule has 1 fully saturated rings. The van der Waals surface area contributed by atoms with Gasteiger partial charge >= 0.3 is 24.6 Å². The Bertz CT molecular complexity index is 1410. The highest BCUT2D eigenvalue weighted by Gasteiger charge is 2.37. The van der Waals surface area contributed by atoms with Crippen molar-refractivity contribution in [1.82, 2.24) is 9.97 Å². The first-order valence-corrected chi connectivity index (χ1v) is 12.4. The lowest BCUT2D eigenvalue weighted by Gasteiger charge is -2.29. The average molecular weight is 623 g/mol. The minimum absolute atomic E-state index is 0.0524. The summed E-state index contributed by atoms with van der Waals surface area (Å²) in [6.45, 7) is 0.469. The lowest BCUT2D eigenvalue weighted by molar-refractivity contribution is -0.143. The number of hydrogen-bond donors (Lipinski definition) is 2. The molecule has 2 aromatic carbocycles. The molecule has 2 heterocycles. The zero-order chi connectivity index (χ0) is 31.6. The number of ether oxygens (including phenoxy) is 1. The third kappa shape index (κ3) is 8.18. The van der Waals surface area contributed by atoms with Gasteiger partial charge in [-0.3, -0.25) is 5.32 Å². The van der Waals surface area contributed by atoms with Crippen molar-refractivity contribution in [3.63, 3.8) is 0 Å². The van der Waals surface area contributed by atoms with Crippen LogP contribution in [0.5, 0.6) is 0 Å². The lowest BCUT2D eigenvalue weighted by atomic mass is 10.0. The molecule has 4 rings (SSSR count). The average Bonchev–Trinajstić information content (AvgIpc) is 2.92. The number of halogens is 9. The Hall–Kier alpha value is -4.28. The van der Waals surface area contributed by atoms with Gasteiger partial charge in [0.05, 0.1) is 48.0 Å². The molecule has 17 heteroatoms. The molecule has 0 spiro atoms. The summed E-state index contributed by atoms with van der Waals surface area (Å²) in [6.07, 6.45) is -14.1. The molecule has 1 aromatic heterocycles. The Morgan fingerprint density at radius 3 is 1.91 bits per heavy atom. The van der Waals surface area contributed by atoms with Crippen LogP contribution in [-0.2, 0) is 36.4 Å². The summed E-state index contributed by atoms with van der Waals surface area (Å²) in [5.74, 6) is -0.248. The Kier molecular flexibility index (Phi) is 8.94. The quantitative estimate of drug-likeness (QED) is 0.285. The van der Waals surface area contributed by atoms with Crippen molar-refractivity contribution in [2.24, 2.45) is 0 Å². The molecule has 1 aliphatic rings. The van der Waals surface area contributed by atoms with E-state index in [4.69, 9.17) is 4.74 Å². The van der Waals surface area contributed by atoms with Crippen molar-refractivity contribution in [1.29, 1.82) is 0 Å². The van der Waals surface area contributed by atoms with E-state index in [2.05, 4.69) is 9.97 Å². The molecule has 3 aromatic rings. The van der Waals surface area contributed by atoms with Gasteiger partial charge in [-0.15, -0.1) is 0 Å². The molecule has 0 unspecified atom stereocenters. The molecule has 1 amide bonds. The third-order valence-corrected chi connectivity index (χ3v) is 6.34. The number of alkyl halides is 9. The molecular weight excluding hydrogens is 601 g/mol. The van der Waals surface area contributed by atoms with Gasteiger partial charge in [-0.2, -0.15) is 39.5 Å². The Morgan fingerprint density at radius 2 is 1.40 bits per heavy atom. The first kappa shape index (κ1) is 31.7. The fraction of sp³-hybridized carbons (Fsp3) is 0.346. The summed E-state index contributed by atoms with van der Waals surface area (Å²) in [6, 6.07) is 2.99. The second kappa shape index (κ2) is 12.1. The highest BCUT2D eigenvalue weighted by Crippen LogP contribution is 2.37. The van der Waals surface area contributed by atoms with Crippen LogP contribution in [0.15, 0.2) is 48.8 Å². The summed E-state index contributed by atoms with van der Waals surface area (Å²) in [4.78, 5) is 22.6. The van der Waals surface area contributed by atoms with Gasteiger partial charge in [-0.25, -0.2) is 14.8 Å². The molecule has 2 N–H and O–H groups in total. The van der Waals surface area contributed by atoms with Crippen LogP contribution in [0.25, 0.3) is 0 Å². The van der Waals surface area contributed by atoms with E-state index < -0.39 is 60.0 Å². The van der Waals surface area contributed by atoms with E-state index in [-0.39, 0.29) is 23.3 Å². The van der Waals surface area contributed by atoms with E-state index in [9.17, 15) is 49.4 Å². The number of carbonyl (C=O) groups is 1. The zero-order valence-corrected chi connectivity index (χ0v) is 21.8. The first-order chi connectivity index (χ1) is 20.0. The van der Waals surface area contributed by atoms with Gasteiger partial charge in [0.25, 0.3) is 0 Å². The molecule has 0 radical (unpaired) electrons. The molecule has 8 nitrogen and oxygen atoms in total. The van der Waals surface area contributed by atoms with Gasteiger partial charge in [0.1, 0.15) is 0 Å².